The second-order valence-electron chi connectivity index (χ2n) is 8.70. The van der Waals surface area contributed by atoms with E-state index in [9.17, 15) is 9.59 Å². The molecule has 0 aliphatic heterocycles. The minimum Gasteiger partial charge on any atom is -0.337 e. The maximum Gasteiger partial charge on any atom is 0.313 e. The fourth-order valence-corrected chi connectivity index (χ4v) is 6.90. The Hall–Kier alpha value is -4.53. The number of carbonyl (C=O) groups excluding carboxylic acids is 2. The molecule has 186 valence electrons. The average molecular weight is 515 g/mol. The predicted molar refractivity (Wildman–Crippen MR) is 157 cm³/mol. The van der Waals surface area contributed by atoms with Crippen LogP contribution in [-0.4, -0.2) is 11.8 Å². The predicted octanol–water partition coefficient (Wildman–Crippen LogP) is 5.29. The minimum absolute atomic E-state index is 0.515. The van der Waals surface area contributed by atoms with Gasteiger partial charge in [-0.05, 0) is 47.1 Å². The van der Waals surface area contributed by atoms with Gasteiger partial charge < -0.3 is 10.6 Å². The highest BCUT2D eigenvalue weighted by molar-refractivity contribution is 7.79. The lowest BCUT2D eigenvalue weighted by atomic mass is 9.98. The zero-order valence-electron chi connectivity index (χ0n) is 20.7. The molecule has 0 saturated heterocycles. The van der Waals surface area contributed by atoms with Crippen LogP contribution in [0, 0.1) is 0 Å². The second-order valence-corrected chi connectivity index (χ2v) is 10.9. The van der Waals surface area contributed by atoms with Crippen LogP contribution in [0.5, 0.6) is 0 Å². The van der Waals surface area contributed by atoms with Gasteiger partial charge in [-0.1, -0.05) is 133 Å². The topological polar surface area (TPSA) is 58.2 Å². The molecule has 0 spiro atoms. The lowest BCUT2D eigenvalue weighted by molar-refractivity contribution is -0.136. The van der Waals surface area contributed by atoms with Crippen molar-refractivity contribution in [2.45, 2.75) is 6.04 Å². The van der Waals surface area contributed by atoms with E-state index < -0.39 is 25.8 Å². The van der Waals surface area contributed by atoms with Crippen LogP contribution in [0.25, 0.3) is 0 Å². The smallest absolute Gasteiger partial charge is 0.313 e. The molecular weight excluding hydrogens is 487 g/mol. The number of rotatable bonds is 7. The van der Waals surface area contributed by atoms with Crippen molar-refractivity contribution in [1.29, 1.82) is 0 Å². The highest BCUT2D eigenvalue weighted by Crippen LogP contribution is 2.36. The maximum atomic E-state index is 13.2. The Morgan fingerprint density at radius 1 is 0.526 bits per heavy atom. The molecule has 1 atom stereocenters. The lowest BCUT2D eigenvalue weighted by Crippen LogP contribution is -2.40. The first-order chi connectivity index (χ1) is 18.7. The highest BCUT2D eigenvalue weighted by Gasteiger charge is 2.27. The monoisotopic (exact) mass is 514 g/mol. The molecular formula is C33H27N2O2P. The molecule has 0 unspecified atom stereocenters. The van der Waals surface area contributed by atoms with E-state index in [2.05, 4.69) is 65.2 Å². The van der Waals surface area contributed by atoms with Gasteiger partial charge in [-0.15, -0.1) is 0 Å². The summed E-state index contributed by atoms with van der Waals surface area (Å²) in [5.74, 6) is -1.40. The first-order valence-electron chi connectivity index (χ1n) is 12.4. The van der Waals surface area contributed by atoms with Gasteiger partial charge in [0, 0.05) is 5.69 Å². The van der Waals surface area contributed by atoms with Crippen LogP contribution in [0.1, 0.15) is 17.2 Å². The summed E-state index contributed by atoms with van der Waals surface area (Å²) >= 11 is 0. The average Bonchev–Trinajstić information content (AvgIpc) is 2.98. The van der Waals surface area contributed by atoms with Gasteiger partial charge in [0.1, 0.15) is 0 Å². The molecule has 0 fully saturated rings. The van der Waals surface area contributed by atoms with Crippen LogP contribution >= 0.6 is 7.92 Å². The van der Waals surface area contributed by atoms with E-state index in [4.69, 9.17) is 0 Å². The lowest BCUT2D eigenvalue weighted by Gasteiger charge is -2.27. The van der Waals surface area contributed by atoms with Gasteiger partial charge in [0.25, 0.3) is 0 Å². The third-order valence-corrected chi connectivity index (χ3v) is 8.68. The van der Waals surface area contributed by atoms with E-state index in [0.29, 0.717) is 5.69 Å². The third kappa shape index (κ3) is 5.88. The van der Waals surface area contributed by atoms with Crippen molar-refractivity contribution in [3.8, 4) is 0 Å². The third-order valence-electron chi connectivity index (χ3n) is 6.16. The van der Waals surface area contributed by atoms with Crippen molar-refractivity contribution < 1.29 is 9.59 Å². The Morgan fingerprint density at radius 3 is 1.58 bits per heavy atom. The van der Waals surface area contributed by atoms with Crippen LogP contribution in [0.2, 0.25) is 0 Å². The van der Waals surface area contributed by atoms with Crippen LogP contribution in [-0.2, 0) is 9.59 Å². The Labute approximate surface area is 224 Å². The molecule has 5 aromatic rings. The Bertz CT molecular complexity index is 1450. The van der Waals surface area contributed by atoms with E-state index in [1.807, 2.05) is 78.9 Å². The Kier molecular flexibility index (Phi) is 8.03. The minimum atomic E-state index is -0.922. The van der Waals surface area contributed by atoms with Crippen molar-refractivity contribution in [3.05, 3.63) is 157 Å². The van der Waals surface area contributed by atoms with Gasteiger partial charge in [0.15, 0.2) is 0 Å². The molecule has 5 aromatic carbocycles. The van der Waals surface area contributed by atoms with Gasteiger partial charge in [-0.3, -0.25) is 9.59 Å². The van der Waals surface area contributed by atoms with E-state index in [1.165, 1.54) is 10.6 Å². The number of amides is 2. The molecule has 0 aromatic heterocycles. The van der Waals surface area contributed by atoms with E-state index >= 15 is 0 Å². The molecule has 38 heavy (non-hydrogen) atoms. The molecule has 0 heterocycles. The summed E-state index contributed by atoms with van der Waals surface area (Å²) in [6.07, 6.45) is 0. The van der Waals surface area contributed by atoms with Crippen LogP contribution in [0.4, 0.5) is 5.69 Å². The van der Waals surface area contributed by atoms with Gasteiger partial charge in [-0.25, -0.2) is 0 Å². The number of nitrogens with one attached hydrogen (secondary N) is 2. The maximum absolute atomic E-state index is 13.2. The van der Waals surface area contributed by atoms with Gasteiger partial charge in [-0.2, -0.15) is 0 Å². The van der Waals surface area contributed by atoms with E-state index in [0.717, 1.165) is 16.4 Å². The summed E-state index contributed by atoms with van der Waals surface area (Å²) < 4.78 is 0. The molecule has 0 saturated carbocycles. The Balaban J connectivity index is 1.57. The van der Waals surface area contributed by atoms with Gasteiger partial charge in [0.2, 0.25) is 0 Å². The van der Waals surface area contributed by atoms with Crippen molar-refractivity contribution in [2.75, 3.05) is 5.32 Å². The molecule has 0 bridgehead atoms. The normalized spacial score (nSPS) is 11.5. The van der Waals surface area contributed by atoms with Gasteiger partial charge >= 0.3 is 11.8 Å². The summed E-state index contributed by atoms with van der Waals surface area (Å²) in [7, 11) is -0.922. The van der Waals surface area contributed by atoms with Crippen LogP contribution in [0.15, 0.2) is 146 Å². The summed E-state index contributed by atoms with van der Waals surface area (Å²) in [5, 5.41) is 9.26. The molecule has 2 N–H and O–H groups in total. The SMILES string of the molecule is O=C(Nc1ccccc1)C(=O)N[C@H](c1ccccc1)c1ccccc1P(c1ccccc1)c1ccccc1. The first-order valence-corrected chi connectivity index (χ1v) is 13.8. The van der Waals surface area contributed by atoms with Crippen molar-refractivity contribution in [1.82, 2.24) is 5.32 Å². The fraction of sp³-hybridized carbons (Fsp3) is 0.0303. The molecule has 5 heteroatoms. The quantitative estimate of drug-likeness (QED) is 0.229. The second kappa shape index (κ2) is 12.1. The number of hydrogen-bond acceptors (Lipinski definition) is 2. The van der Waals surface area contributed by atoms with Crippen LogP contribution in [0.3, 0.4) is 0 Å². The largest absolute Gasteiger partial charge is 0.337 e. The molecule has 5 rings (SSSR count). The molecule has 0 aliphatic carbocycles. The highest BCUT2D eigenvalue weighted by atomic mass is 31.1. The van der Waals surface area contributed by atoms with E-state index in [1.54, 1.807) is 12.1 Å². The van der Waals surface area contributed by atoms with Crippen molar-refractivity contribution in [3.63, 3.8) is 0 Å². The number of carbonyl (C=O) groups is 2. The fourth-order valence-electron chi connectivity index (χ4n) is 4.41. The number of benzene rings is 5. The molecule has 2 amide bonds. The number of para-hydroxylation sites is 1. The Morgan fingerprint density at radius 2 is 1.00 bits per heavy atom. The van der Waals surface area contributed by atoms with Crippen molar-refractivity contribution in [2.24, 2.45) is 0 Å². The molecule has 0 aliphatic rings. The van der Waals surface area contributed by atoms with Gasteiger partial charge in [0.05, 0.1) is 6.04 Å². The zero-order valence-corrected chi connectivity index (χ0v) is 21.6. The summed E-state index contributed by atoms with van der Waals surface area (Å²) in [4.78, 5) is 26.1. The molecule has 0 radical (unpaired) electrons. The summed E-state index contributed by atoms with van der Waals surface area (Å²) in [6, 6.07) is 47.3. The summed E-state index contributed by atoms with van der Waals surface area (Å²) in [6.45, 7) is 0. The summed E-state index contributed by atoms with van der Waals surface area (Å²) in [5.41, 5.74) is 2.43. The zero-order chi connectivity index (χ0) is 26.2. The van der Waals surface area contributed by atoms with Crippen molar-refractivity contribution >= 4 is 41.3 Å². The first kappa shape index (κ1) is 25.1. The van der Waals surface area contributed by atoms with E-state index in [-0.39, 0.29) is 0 Å². The molecule has 4 nitrogen and oxygen atoms in total. The number of hydrogen-bond donors (Lipinski definition) is 2. The number of anilines is 1. The van der Waals surface area contributed by atoms with Crippen LogP contribution < -0.4 is 26.5 Å². The standard InChI is InChI=1S/C33H27N2O2P/c36-32(34-26-17-7-2-8-18-26)33(37)35-31(25-15-5-1-6-16-25)29-23-13-14-24-30(29)38(27-19-9-3-10-20-27)28-21-11-4-12-22-28/h1-24,31H,(H,34,36)(H,35,37)/t31-/m1/s1.